The average molecular weight is 161 g/mol. The number of aromatic nitrogens is 2. The van der Waals surface area contributed by atoms with E-state index in [2.05, 4.69) is 17.1 Å². The second kappa shape index (κ2) is 2.24. The van der Waals surface area contributed by atoms with Gasteiger partial charge in [-0.2, -0.15) is 5.10 Å². The van der Waals surface area contributed by atoms with Crippen LogP contribution >= 0.6 is 0 Å². The Kier molecular flexibility index (Phi) is 1.33. The van der Waals surface area contributed by atoms with Crippen molar-refractivity contribution >= 4 is 16.6 Å². The molecule has 1 aromatic heterocycles. The minimum atomic E-state index is 0.736. The number of fused-ring (bicyclic) bond motifs is 1. The first kappa shape index (κ1) is 7.16. The summed E-state index contributed by atoms with van der Waals surface area (Å²) in [7, 11) is 0. The van der Waals surface area contributed by atoms with Crippen molar-refractivity contribution in [3.63, 3.8) is 0 Å². The highest BCUT2D eigenvalue weighted by molar-refractivity contribution is 5.93. The molecule has 0 aliphatic carbocycles. The Morgan fingerprint density at radius 2 is 2.08 bits per heavy atom. The fourth-order valence-corrected chi connectivity index (χ4v) is 1.50. The van der Waals surface area contributed by atoms with Crippen molar-refractivity contribution in [1.29, 1.82) is 0 Å². The van der Waals surface area contributed by atoms with Crippen LogP contribution in [-0.4, -0.2) is 10.2 Å². The third kappa shape index (κ3) is 0.794. The molecule has 2 rings (SSSR count). The summed E-state index contributed by atoms with van der Waals surface area (Å²) in [5.74, 6) is 0. The number of rotatable bonds is 0. The molecule has 62 valence electrons. The van der Waals surface area contributed by atoms with Crippen LogP contribution in [0.15, 0.2) is 12.1 Å². The Bertz CT molecular complexity index is 429. The van der Waals surface area contributed by atoms with Crippen LogP contribution in [0.4, 0.5) is 5.69 Å². The standard InChI is InChI=1S/C9H11N3/c1-5-3-4-7(10)9-8(5)6(2)11-12-9/h3-4H,10H2,1-2H3,(H,11,12). The van der Waals surface area contributed by atoms with Crippen LogP contribution in [-0.2, 0) is 0 Å². The molecular formula is C9H11N3. The smallest absolute Gasteiger partial charge is 0.115 e. The third-order valence-electron chi connectivity index (χ3n) is 2.13. The summed E-state index contributed by atoms with van der Waals surface area (Å²) in [6.45, 7) is 4.06. The molecule has 1 heterocycles. The molecule has 0 fully saturated rings. The summed E-state index contributed by atoms with van der Waals surface area (Å²) >= 11 is 0. The summed E-state index contributed by atoms with van der Waals surface area (Å²) in [5, 5.41) is 8.20. The number of nitrogens with one attached hydrogen (secondary N) is 1. The van der Waals surface area contributed by atoms with Crippen molar-refractivity contribution in [1.82, 2.24) is 10.2 Å². The summed E-state index contributed by atoms with van der Waals surface area (Å²) in [5.41, 5.74) is 9.67. The third-order valence-corrected chi connectivity index (χ3v) is 2.13. The lowest BCUT2D eigenvalue weighted by Gasteiger charge is -1.98. The van der Waals surface area contributed by atoms with Gasteiger partial charge in [-0.05, 0) is 25.5 Å². The van der Waals surface area contributed by atoms with Gasteiger partial charge in [0.15, 0.2) is 0 Å². The van der Waals surface area contributed by atoms with Crippen LogP contribution in [0.1, 0.15) is 11.3 Å². The lowest BCUT2D eigenvalue weighted by atomic mass is 10.1. The van der Waals surface area contributed by atoms with Gasteiger partial charge in [0.25, 0.3) is 0 Å². The lowest BCUT2D eigenvalue weighted by molar-refractivity contribution is 1.07. The van der Waals surface area contributed by atoms with E-state index in [-0.39, 0.29) is 0 Å². The second-order valence-corrected chi connectivity index (χ2v) is 3.04. The molecule has 0 radical (unpaired) electrons. The Labute approximate surface area is 70.6 Å². The molecular weight excluding hydrogens is 150 g/mol. The van der Waals surface area contributed by atoms with Crippen molar-refractivity contribution in [2.24, 2.45) is 0 Å². The number of anilines is 1. The van der Waals surface area contributed by atoms with E-state index in [1.807, 2.05) is 19.1 Å². The highest BCUT2D eigenvalue weighted by Gasteiger charge is 2.06. The first-order valence-electron chi connectivity index (χ1n) is 3.90. The van der Waals surface area contributed by atoms with Crippen LogP contribution in [0.5, 0.6) is 0 Å². The highest BCUT2D eigenvalue weighted by Crippen LogP contribution is 2.24. The number of aromatic amines is 1. The van der Waals surface area contributed by atoms with Crippen LogP contribution in [0, 0.1) is 13.8 Å². The van der Waals surface area contributed by atoms with Crippen LogP contribution in [0.25, 0.3) is 10.9 Å². The van der Waals surface area contributed by atoms with Crippen molar-refractivity contribution < 1.29 is 0 Å². The summed E-state index contributed by atoms with van der Waals surface area (Å²) < 4.78 is 0. The number of hydrogen-bond acceptors (Lipinski definition) is 2. The number of nitrogens with zero attached hydrogens (tertiary/aromatic N) is 1. The van der Waals surface area contributed by atoms with Gasteiger partial charge >= 0.3 is 0 Å². The van der Waals surface area contributed by atoms with E-state index >= 15 is 0 Å². The lowest BCUT2D eigenvalue weighted by Crippen LogP contribution is -1.87. The maximum Gasteiger partial charge on any atom is 0.115 e. The zero-order valence-electron chi connectivity index (χ0n) is 7.18. The Balaban J connectivity index is 2.98. The molecule has 2 aromatic rings. The van der Waals surface area contributed by atoms with Crippen LogP contribution in [0.2, 0.25) is 0 Å². The molecule has 3 N–H and O–H groups in total. The zero-order valence-corrected chi connectivity index (χ0v) is 7.18. The van der Waals surface area contributed by atoms with Gasteiger partial charge in [-0.25, -0.2) is 0 Å². The Hall–Kier alpha value is -1.51. The second-order valence-electron chi connectivity index (χ2n) is 3.04. The van der Waals surface area contributed by atoms with Gasteiger partial charge in [-0.1, -0.05) is 6.07 Å². The zero-order chi connectivity index (χ0) is 8.72. The molecule has 0 aliphatic heterocycles. The molecule has 3 nitrogen and oxygen atoms in total. The first-order valence-corrected chi connectivity index (χ1v) is 3.90. The molecule has 0 spiro atoms. The average Bonchev–Trinajstić information content (AvgIpc) is 2.42. The Morgan fingerprint density at radius 1 is 1.33 bits per heavy atom. The van der Waals surface area contributed by atoms with E-state index in [0.29, 0.717) is 0 Å². The topological polar surface area (TPSA) is 54.7 Å². The quantitative estimate of drug-likeness (QED) is 0.578. The van der Waals surface area contributed by atoms with E-state index in [0.717, 1.165) is 22.3 Å². The first-order chi connectivity index (χ1) is 5.70. The van der Waals surface area contributed by atoms with Gasteiger partial charge in [-0.15, -0.1) is 0 Å². The minimum absolute atomic E-state index is 0.736. The molecule has 0 aliphatic rings. The van der Waals surface area contributed by atoms with E-state index < -0.39 is 0 Å². The van der Waals surface area contributed by atoms with Gasteiger partial charge in [-0.3, -0.25) is 5.10 Å². The molecule has 0 saturated carbocycles. The van der Waals surface area contributed by atoms with Crippen molar-refractivity contribution in [2.75, 3.05) is 5.73 Å². The SMILES string of the molecule is Cc1ccc(N)c2n[nH]c(C)c12. The van der Waals surface area contributed by atoms with Gasteiger partial charge < -0.3 is 5.73 Å². The summed E-state index contributed by atoms with van der Waals surface area (Å²) in [4.78, 5) is 0. The molecule has 0 bridgehead atoms. The van der Waals surface area contributed by atoms with Gasteiger partial charge in [0.1, 0.15) is 5.52 Å². The molecule has 12 heavy (non-hydrogen) atoms. The molecule has 3 heteroatoms. The fourth-order valence-electron chi connectivity index (χ4n) is 1.50. The molecule has 1 aromatic carbocycles. The van der Waals surface area contributed by atoms with E-state index in [9.17, 15) is 0 Å². The predicted molar refractivity (Wildman–Crippen MR) is 50.0 cm³/mol. The van der Waals surface area contributed by atoms with Crippen molar-refractivity contribution in [3.8, 4) is 0 Å². The number of benzene rings is 1. The number of nitrogens with two attached hydrogens (primary N) is 1. The highest BCUT2D eigenvalue weighted by atomic mass is 15.1. The molecule has 0 atom stereocenters. The maximum absolute atomic E-state index is 5.76. The van der Waals surface area contributed by atoms with E-state index in [1.165, 1.54) is 5.56 Å². The molecule has 0 saturated heterocycles. The maximum atomic E-state index is 5.76. The van der Waals surface area contributed by atoms with E-state index in [1.54, 1.807) is 0 Å². The van der Waals surface area contributed by atoms with Crippen LogP contribution in [0.3, 0.4) is 0 Å². The van der Waals surface area contributed by atoms with Crippen LogP contribution < -0.4 is 5.73 Å². The van der Waals surface area contributed by atoms with Gasteiger partial charge in [0.05, 0.1) is 5.69 Å². The van der Waals surface area contributed by atoms with Crippen molar-refractivity contribution in [3.05, 3.63) is 23.4 Å². The summed E-state index contributed by atoms with van der Waals surface area (Å²) in [6.07, 6.45) is 0. The number of hydrogen-bond donors (Lipinski definition) is 2. The monoisotopic (exact) mass is 161 g/mol. The molecule has 0 amide bonds. The van der Waals surface area contributed by atoms with Gasteiger partial charge in [0, 0.05) is 11.1 Å². The number of aryl methyl sites for hydroxylation is 2. The largest absolute Gasteiger partial charge is 0.397 e. The van der Waals surface area contributed by atoms with E-state index in [4.69, 9.17) is 5.73 Å². The summed E-state index contributed by atoms with van der Waals surface area (Å²) in [6, 6.07) is 3.90. The van der Waals surface area contributed by atoms with Crippen molar-refractivity contribution in [2.45, 2.75) is 13.8 Å². The minimum Gasteiger partial charge on any atom is -0.397 e. The molecule has 0 unspecified atom stereocenters. The number of nitrogen functional groups attached to an aromatic ring is 1. The van der Waals surface area contributed by atoms with Gasteiger partial charge in [0.2, 0.25) is 0 Å². The number of H-pyrrole nitrogens is 1. The fraction of sp³-hybridized carbons (Fsp3) is 0.222. The Morgan fingerprint density at radius 3 is 2.75 bits per heavy atom. The normalized spacial score (nSPS) is 10.8. The predicted octanol–water partition coefficient (Wildman–Crippen LogP) is 1.76.